The smallest absolute Gasteiger partial charge is 0.282 e. The van der Waals surface area contributed by atoms with E-state index in [0.29, 0.717) is 10.9 Å². The molecule has 0 atom stereocenters. The van der Waals surface area contributed by atoms with Crippen molar-refractivity contribution in [3.8, 4) is 0 Å². The van der Waals surface area contributed by atoms with Gasteiger partial charge in [0.2, 0.25) is 0 Å². The average molecular weight is 334 g/mol. The van der Waals surface area contributed by atoms with Crippen LogP contribution in [0.25, 0.3) is 10.8 Å². The lowest BCUT2D eigenvalue weighted by Gasteiger charge is -2.19. The normalized spacial score (nSPS) is 12.8. The Morgan fingerprint density at radius 2 is 1.35 bits per heavy atom. The number of hydrogen-bond donors (Lipinski definition) is 1. The van der Waals surface area contributed by atoms with Gasteiger partial charge >= 0.3 is 0 Å². The first-order chi connectivity index (χ1) is 10.5. The van der Waals surface area contributed by atoms with Gasteiger partial charge in [0.25, 0.3) is 10.1 Å². The summed E-state index contributed by atoms with van der Waals surface area (Å²) in [6.45, 7) is 12.2. The van der Waals surface area contributed by atoms with Crippen LogP contribution in [0.1, 0.15) is 76.0 Å². The maximum absolute atomic E-state index is 12.1. The van der Waals surface area contributed by atoms with Crippen molar-refractivity contribution in [2.45, 2.75) is 64.2 Å². The minimum absolute atomic E-state index is 0.0153. The van der Waals surface area contributed by atoms with Gasteiger partial charge in [0.15, 0.2) is 0 Å². The van der Waals surface area contributed by atoms with E-state index in [9.17, 15) is 13.0 Å². The summed E-state index contributed by atoms with van der Waals surface area (Å²) in [5.74, 6) is 0.575. The Bertz CT molecular complexity index is 831. The number of benzene rings is 2. The number of hydrogen-bond acceptors (Lipinski definition) is 2. The molecule has 0 fully saturated rings. The SMILES string of the molecule is CC(C)c1cc(C(C)C)c2ccc(C(C)C)c(S(=O)(=O)O)c2c1. The summed E-state index contributed by atoms with van der Waals surface area (Å²) in [4.78, 5) is 0.0643. The molecule has 0 amide bonds. The largest absolute Gasteiger partial charge is 0.295 e. The predicted octanol–water partition coefficient (Wildman–Crippen LogP) is 5.46. The monoisotopic (exact) mass is 334 g/mol. The van der Waals surface area contributed by atoms with Crippen molar-refractivity contribution in [1.82, 2.24) is 0 Å². The van der Waals surface area contributed by atoms with Crippen LogP contribution in [0.3, 0.4) is 0 Å². The third kappa shape index (κ3) is 3.43. The van der Waals surface area contributed by atoms with Crippen molar-refractivity contribution in [2.24, 2.45) is 0 Å². The van der Waals surface area contributed by atoms with Gasteiger partial charge in [-0.3, -0.25) is 4.55 Å². The lowest BCUT2D eigenvalue weighted by Crippen LogP contribution is -2.07. The molecular formula is C19H26O3S. The van der Waals surface area contributed by atoms with Crippen LogP contribution in [-0.2, 0) is 10.1 Å². The zero-order valence-corrected chi connectivity index (χ0v) is 15.5. The highest BCUT2D eigenvalue weighted by Crippen LogP contribution is 2.37. The van der Waals surface area contributed by atoms with Gasteiger partial charge in [0, 0.05) is 5.39 Å². The molecule has 126 valence electrons. The standard InChI is InChI=1S/C19H26O3S/c1-11(2)14-9-17(13(5)6)16-8-7-15(12(3)4)19(18(16)10-14)23(20,21)22/h7-13H,1-6H3,(H,20,21,22). The van der Waals surface area contributed by atoms with E-state index in [4.69, 9.17) is 0 Å². The molecule has 3 nitrogen and oxygen atoms in total. The maximum atomic E-state index is 12.1. The van der Waals surface area contributed by atoms with Gasteiger partial charge in [0.05, 0.1) is 0 Å². The van der Waals surface area contributed by atoms with Crippen LogP contribution >= 0.6 is 0 Å². The summed E-state index contributed by atoms with van der Waals surface area (Å²) >= 11 is 0. The highest BCUT2D eigenvalue weighted by Gasteiger charge is 2.23. The molecule has 0 saturated carbocycles. The van der Waals surface area contributed by atoms with E-state index >= 15 is 0 Å². The molecule has 2 rings (SSSR count). The Morgan fingerprint density at radius 3 is 1.78 bits per heavy atom. The molecule has 0 unspecified atom stereocenters. The molecule has 0 bridgehead atoms. The summed E-state index contributed by atoms with van der Waals surface area (Å²) in [5, 5.41) is 1.54. The van der Waals surface area contributed by atoms with Crippen molar-refractivity contribution in [3.63, 3.8) is 0 Å². The van der Waals surface area contributed by atoms with Gasteiger partial charge in [-0.25, -0.2) is 0 Å². The lowest BCUT2D eigenvalue weighted by molar-refractivity contribution is 0.482. The third-order valence-electron chi connectivity index (χ3n) is 4.34. The topological polar surface area (TPSA) is 54.4 Å². The van der Waals surface area contributed by atoms with Crippen LogP contribution in [0.2, 0.25) is 0 Å². The van der Waals surface area contributed by atoms with E-state index in [1.54, 1.807) is 0 Å². The Labute approximate surface area is 139 Å². The van der Waals surface area contributed by atoms with Crippen LogP contribution in [0.4, 0.5) is 0 Å². The van der Waals surface area contributed by atoms with Gasteiger partial charge in [-0.2, -0.15) is 8.42 Å². The summed E-state index contributed by atoms with van der Waals surface area (Å²) in [7, 11) is -4.29. The van der Waals surface area contributed by atoms with Gasteiger partial charge in [-0.1, -0.05) is 59.7 Å². The lowest BCUT2D eigenvalue weighted by atomic mass is 9.88. The van der Waals surface area contributed by atoms with Crippen LogP contribution in [0.5, 0.6) is 0 Å². The van der Waals surface area contributed by atoms with Crippen LogP contribution in [0.15, 0.2) is 29.2 Å². The molecule has 2 aromatic rings. The van der Waals surface area contributed by atoms with E-state index in [-0.39, 0.29) is 22.6 Å². The fourth-order valence-electron chi connectivity index (χ4n) is 3.03. The molecule has 0 heterocycles. The Hall–Kier alpha value is -1.39. The Balaban J connectivity index is 3.05. The number of rotatable bonds is 4. The second kappa shape index (κ2) is 6.25. The summed E-state index contributed by atoms with van der Waals surface area (Å²) in [6.07, 6.45) is 0. The van der Waals surface area contributed by atoms with Crippen molar-refractivity contribution < 1.29 is 13.0 Å². The Kier molecular flexibility index (Phi) is 4.88. The molecule has 0 aliphatic rings. The highest BCUT2D eigenvalue weighted by atomic mass is 32.2. The van der Waals surface area contributed by atoms with Crippen molar-refractivity contribution >= 4 is 20.9 Å². The third-order valence-corrected chi connectivity index (χ3v) is 5.31. The van der Waals surface area contributed by atoms with Gasteiger partial charge < -0.3 is 0 Å². The van der Waals surface area contributed by atoms with E-state index < -0.39 is 10.1 Å². The molecular weight excluding hydrogens is 308 g/mol. The molecule has 2 aromatic carbocycles. The zero-order valence-electron chi connectivity index (χ0n) is 14.7. The van der Waals surface area contributed by atoms with E-state index in [2.05, 4.69) is 33.8 Å². The minimum atomic E-state index is -4.29. The first-order valence-electron chi connectivity index (χ1n) is 8.12. The minimum Gasteiger partial charge on any atom is -0.282 e. The summed E-state index contributed by atoms with van der Waals surface area (Å²) in [5.41, 5.74) is 2.87. The Morgan fingerprint density at radius 1 is 0.783 bits per heavy atom. The average Bonchev–Trinajstić information content (AvgIpc) is 2.42. The van der Waals surface area contributed by atoms with Crippen LogP contribution in [-0.4, -0.2) is 13.0 Å². The fraction of sp³-hybridized carbons (Fsp3) is 0.474. The van der Waals surface area contributed by atoms with E-state index in [0.717, 1.165) is 16.5 Å². The summed E-state index contributed by atoms with van der Waals surface area (Å²) < 4.78 is 34.0. The predicted molar refractivity (Wildman–Crippen MR) is 96.0 cm³/mol. The van der Waals surface area contributed by atoms with Gasteiger partial charge in [-0.05, 0) is 45.9 Å². The van der Waals surface area contributed by atoms with E-state index in [1.165, 1.54) is 0 Å². The first-order valence-corrected chi connectivity index (χ1v) is 9.56. The molecule has 0 spiro atoms. The van der Waals surface area contributed by atoms with Crippen LogP contribution < -0.4 is 0 Å². The van der Waals surface area contributed by atoms with Crippen molar-refractivity contribution in [1.29, 1.82) is 0 Å². The zero-order chi connectivity index (χ0) is 17.5. The second-order valence-electron chi connectivity index (χ2n) is 7.13. The fourth-order valence-corrected chi connectivity index (χ4v) is 4.08. The molecule has 1 N–H and O–H groups in total. The first kappa shape index (κ1) is 18.0. The highest BCUT2D eigenvalue weighted by molar-refractivity contribution is 7.86. The molecule has 4 heteroatoms. The second-order valence-corrected chi connectivity index (χ2v) is 8.49. The quantitative estimate of drug-likeness (QED) is 0.756. The van der Waals surface area contributed by atoms with E-state index in [1.807, 2.05) is 32.0 Å². The molecule has 0 aliphatic heterocycles. The van der Waals surface area contributed by atoms with Crippen molar-refractivity contribution in [3.05, 3.63) is 41.0 Å². The summed E-state index contributed by atoms with van der Waals surface area (Å²) in [6, 6.07) is 7.89. The van der Waals surface area contributed by atoms with Crippen molar-refractivity contribution in [2.75, 3.05) is 0 Å². The molecule has 23 heavy (non-hydrogen) atoms. The van der Waals surface area contributed by atoms with Gasteiger partial charge in [0.1, 0.15) is 4.90 Å². The molecule has 0 saturated heterocycles. The van der Waals surface area contributed by atoms with Gasteiger partial charge in [-0.15, -0.1) is 0 Å². The van der Waals surface area contributed by atoms with Crippen LogP contribution in [0, 0.1) is 0 Å². The molecule has 0 radical (unpaired) electrons. The molecule has 0 aliphatic carbocycles. The maximum Gasteiger partial charge on any atom is 0.295 e. The number of fused-ring (bicyclic) bond motifs is 1. The molecule has 0 aromatic heterocycles.